The lowest BCUT2D eigenvalue weighted by Gasteiger charge is -2.12. The maximum atomic E-state index is 10.5. The quantitative estimate of drug-likeness (QED) is 0.689. The zero-order chi connectivity index (χ0) is 9.10. The first-order chi connectivity index (χ1) is 6.38. The van der Waals surface area contributed by atoms with E-state index in [1.165, 1.54) is 30.8 Å². The molecule has 0 amide bonds. The van der Waals surface area contributed by atoms with Gasteiger partial charge in [-0.05, 0) is 32.0 Å². The first kappa shape index (κ1) is 8.91. The summed E-state index contributed by atoms with van der Waals surface area (Å²) >= 11 is 1.69. The van der Waals surface area contributed by atoms with Crippen LogP contribution in [0.5, 0.6) is 0 Å². The lowest BCUT2D eigenvalue weighted by Crippen LogP contribution is -2.17. The summed E-state index contributed by atoms with van der Waals surface area (Å²) < 4.78 is 0. The predicted molar refractivity (Wildman–Crippen MR) is 54.2 cm³/mol. The molecule has 2 heterocycles. The van der Waals surface area contributed by atoms with Gasteiger partial charge in [0.05, 0.1) is 0 Å². The molecule has 0 radical (unpaired) electrons. The highest BCUT2D eigenvalue weighted by Gasteiger charge is 2.12. The van der Waals surface area contributed by atoms with E-state index in [2.05, 4.69) is 4.90 Å². The lowest BCUT2D eigenvalue weighted by molar-refractivity contribution is 0.112. The maximum Gasteiger partial charge on any atom is 0.150 e. The molecule has 0 atom stereocenters. The first-order valence-electron chi connectivity index (χ1n) is 4.63. The Morgan fingerprint density at radius 1 is 1.46 bits per heavy atom. The molecule has 0 bridgehead atoms. The fraction of sp³-hybridized carbons (Fsp3) is 0.500. The van der Waals surface area contributed by atoms with E-state index in [1.807, 2.05) is 11.4 Å². The van der Waals surface area contributed by atoms with E-state index in [4.69, 9.17) is 0 Å². The second-order valence-corrected chi connectivity index (χ2v) is 4.44. The molecule has 1 aliphatic heterocycles. The molecule has 1 aromatic heterocycles. The minimum absolute atomic E-state index is 0.819. The van der Waals surface area contributed by atoms with Crippen molar-refractivity contribution in [1.29, 1.82) is 0 Å². The fourth-order valence-electron chi connectivity index (χ4n) is 1.70. The zero-order valence-corrected chi connectivity index (χ0v) is 8.35. The number of thiophene rings is 1. The van der Waals surface area contributed by atoms with Crippen LogP contribution in [0.15, 0.2) is 11.4 Å². The molecule has 0 N–H and O–H groups in total. The monoisotopic (exact) mass is 195 g/mol. The van der Waals surface area contributed by atoms with Crippen molar-refractivity contribution in [2.75, 3.05) is 13.1 Å². The van der Waals surface area contributed by atoms with Gasteiger partial charge in [0.25, 0.3) is 0 Å². The Hall–Kier alpha value is -0.670. The molecule has 0 unspecified atom stereocenters. The van der Waals surface area contributed by atoms with Gasteiger partial charge in [-0.15, -0.1) is 11.3 Å². The Labute approximate surface area is 82.2 Å². The number of carbonyl (C=O) groups is 1. The summed E-state index contributed by atoms with van der Waals surface area (Å²) in [5.74, 6) is 0. The van der Waals surface area contributed by atoms with Gasteiger partial charge in [0.15, 0.2) is 6.29 Å². The van der Waals surface area contributed by atoms with Gasteiger partial charge in [-0.3, -0.25) is 9.69 Å². The molecule has 70 valence electrons. The van der Waals surface area contributed by atoms with Crippen molar-refractivity contribution in [2.24, 2.45) is 0 Å². The van der Waals surface area contributed by atoms with E-state index >= 15 is 0 Å². The summed E-state index contributed by atoms with van der Waals surface area (Å²) in [5, 5.41) is 1.93. The van der Waals surface area contributed by atoms with Crippen molar-refractivity contribution in [2.45, 2.75) is 19.4 Å². The topological polar surface area (TPSA) is 20.3 Å². The van der Waals surface area contributed by atoms with E-state index in [9.17, 15) is 4.79 Å². The van der Waals surface area contributed by atoms with Gasteiger partial charge in [0, 0.05) is 22.4 Å². The van der Waals surface area contributed by atoms with E-state index in [0.29, 0.717) is 0 Å². The number of rotatable bonds is 3. The predicted octanol–water partition coefficient (Wildman–Crippen LogP) is 2.16. The van der Waals surface area contributed by atoms with Crippen LogP contribution in [0.25, 0.3) is 0 Å². The number of nitrogens with zero attached hydrogens (tertiary/aromatic N) is 1. The third-order valence-corrected chi connectivity index (χ3v) is 3.33. The SMILES string of the molecule is O=Cc1csc(CN2CCCC2)c1. The van der Waals surface area contributed by atoms with Crippen molar-refractivity contribution in [3.8, 4) is 0 Å². The van der Waals surface area contributed by atoms with Crippen molar-refractivity contribution in [1.82, 2.24) is 4.90 Å². The van der Waals surface area contributed by atoms with Crippen LogP contribution in [0.1, 0.15) is 28.1 Å². The summed E-state index contributed by atoms with van der Waals surface area (Å²) in [7, 11) is 0. The average molecular weight is 195 g/mol. The molecule has 0 aromatic carbocycles. The van der Waals surface area contributed by atoms with Gasteiger partial charge >= 0.3 is 0 Å². The molecule has 1 fully saturated rings. The molecular formula is C10H13NOS. The van der Waals surface area contributed by atoms with Crippen LogP contribution < -0.4 is 0 Å². The van der Waals surface area contributed by atoms with Crippen molar-refractivity contribution < 1.29 is 4.79 Å². The lowest BCUT2D eigenvalue weighted by atomic mass is 10.3. The summed E-state index contributed by atoms with van der Waals surface area (Å²) in [6.07, 6.45) is 3.57. The Balaban J connectivity index is 1.96. The first-order valence-corrected chi connectivity index (χ1v) is 5.51. The average Bonchev–Trinajstić information content (AvgIpc) is 2.76. The number of aldehydes is 1. The number of likely N-dealkylation sites (tertiary alicyclic amines) is 1. The van der Waals surface area contributed by atoms with E-state index < -0.39 is 0 Å². The van der Waals surface area contributed by atoms with Gasteiger partial charge < -0.3 is 0 Å². The Morgan fingerprint density at radius 2 is 2.23 bits per heavy atom. The number of carbonyl (C=O) groups excluding carboxylic acids is 1. The number of hydrogen-bond acceptors (Lipinski definition) is 3. The molecular weight excluding hydrogens is 182 g/mol. The highest BCUT2D eigenvalue weighted by atomic mass is 32.1. The second-order valence-electron chi connectivity index (χ2n) is 3.45. The van der Waals surface area contributed by atoms with Gasteiger partial charge in [-0.2, -0.15) is 0 Å². The fourth-order valence-corrected chi connectivity index (χ4v) is 2.58. The largest absolute Gasteiger partial charge is 0.298 e. The highest BCUT2D eigenvalue weighted by Crippen LogP contribution is 2.18. The summed E-state index contributed by atoms with van der Waals surface area (Å²) in [6.45, 7) is 3.46. The van der Waals surface area contributed by atoms with Crippen LogP contribution in [0.4, 0.5) is 0 Å². The Kier molecular flexibility index (Phi) is 2.76. The zero-order valence-electron chi connectivity index (χ0n) is 7.53. The second kappa shape index (κ2) is 4.03. The van der Waals surface area contributed by atoms with Crippen LogP contribution in [0.3, 0.4) is 0 Å². The van der Waals surface area contributed by atoms with E-state index in [-0.39, 0.29) is 0 Å². The van der Waals surface area contributed by atoms with Gasteiger partial charge in [0.2, 0.25) is 0 Å². The molecule has 0 aliphatic carbocycles. The smallest absolute Gasteiger partial charge is 0.150 e. The normalized spacial score (nSPS) is 17.8. The molecule has 13 heavy (non-hydrogen) atoms. The minimum atomic E-state index is 0.819. The van der Waals surface area contributed by atoms with Gasteiger partial charge in [0.1, 0.15) is 0 Å². The highest BCUT2D eigenvalue weighted by molar-refractivity contribution is 7.10. The van der Waals surface area contributed by atoms with Crippen molar-refractivity contribution in [3.63, 3.8) is 0 Å². The van der Waals surface area contributed by atoms with Crippen LogP contribution in [0, 0.1) is 0 Å². The minimum Gasteiger partial charge on any atom is -0.298 e. The van der Waals surface area contributed by atoms with Gasteiger partial charge in [-0.1, -0.05) is 0 Å². The molecule has 1 aliphatic rings. The van der Waals surface area contributed by atoms with E-state index in [1.54, 1.807) is 11.3 Å². The molecule has 2 nitrogen and oxygen atoms in total. The summed E-state index contributed by atoms with van der Waals surface area (Å²) in [4.78, 5) is 14.2. The van der Waals surface area contributed by atoms with Crippen LogP contribution >= 0.6 is 11.3 Å². The van der Waals surface area contributed by atoms with E-state index in [0.717, 1.165) is 18.4 Å². The third-order valence-electron chi connectivity index (χ3n) is 2.39. The maximum absolute atomic E-state index is 10.5. The van der Waals surface area contributed by atoms with Crippen LogP contribution in [-0.4, -0.2) is 24.3 Å². The molecule has 2 rings (SSSR count). The number of hydrogen-bond donors (Lipinski definition) is 0. The summed E-state index contributed by atoms with van der Waals surface area (Å²) in [5.41, 5.74) is 0.819. The molecule has 1 saturated heterocycles. The van der Waals surface area contributed by atoms with Crippen molar-refractivity contribution in [3.05, 3.63) is 21.9 Å². The molecule has 0 spiro atoms. The Morgan fingerprint density at radius 3 is 2.85 bits per heavy atom. The van der Waals surface area contributed by atoms with Gasteiger partial charge in [-0.25, -0.2) is 0 Å². The molecule has 3 heteroatoms. The van der Waals surface area contributed by atoms with Crippen LogP contribution in [-0.2, 0) is 6.54 Å². The Bertz CT molecular complexity index is 289. The van der Waals surface area contributed by atoms with Crippen LogP contribution in [0.2, 0.25) is 0 Å². The van der Waals surface area contributed by atoms with Crippen molar-refractivity contribution >= 4 is 17.6 Å². The standard InChI is InChI=1S/C10H13NOS/c12-7-9-5-10(13-8-9)6-11-3-1-2-4-11/h5,7-8H,1-4,6H2. The third kappa shape index (κ3) is 2.17. The molecule has 1 aromatic rings. The summed E-state index contributed by atoms with van der Waals surface area (Å²) in [6, 6.07) is 2.00. The molecule has 0 saturated carbocycles.